The van der Waals surface area contributed by atoms with Gasteiger partial charge in [-0.05, 0) is 32.4 Å². The molecule has 148 valence electrons. The van der Waals surface area contributed by atoms with Gasteiger partial charge >= 0.3 is 0 Å². The average molecular weight is 389 g/mol. The first-order valence-electron chi connectivity index (χ1n) is 8.53. The van der Waals surface area contributed by atoms with Crippen LogP contribution < -0.4 is 24.8 Å². The fraction of sp³-hybridized carbons (Fsp3) is 0.611. The fourth-order valence-electron chi connectivity index (χ4n) is 2.84. The van der Waals surface area contributed by atoms with Crippen LogP contribution in [0, 0.1) is 0 Å². The number of ether oxygens (including phenoxy) is 4. The van der Waals surface area contributed by atoms with Gasteiger partial charge in [-0.3, -0.25) is 4.79 Å². The molecule has 0 unspecified atom stereocenters. The van der Waals surface area contributed by atoms with Crippen molar-refractivity contribution in [2.75, 3.05) is 47.6 Å². The molecule has 7 nitrogen and oxygen atoms in total. The van der Waals surface area contributed by atoms with Crippen molar-refractivity contribution < 1.29 is 23.7 Å². The van der Waals surface area contributed by atoms with Crippen molar-refractivity contribution in [3.05, 3.63) is 18.2 Å². The second-order valence-electron chi connectivity index (χ2n) is 5.95. The topological polar surface area (TPSA) is 78.0 Å². The first-order valence-corrected chi connectivity index (χ1v) is 8.53. The Morgan fingerprint density at radius 2 is 1.65 bits per heavy atom. The lowest BCUT2D eigenvalue weighted by Gasteiger charge is -2.34. The average Bonchev–Trinajstić information content (AvgIpc) is 2.67. The first kappa shape index (κ1) is 22.3. The van der Waals surface area contributed by atoms with Gasteiger partial charge in [0.25, 0.3) is 5.91 Å². The molecule has 1 aliphatic heterocycles. The predicted octanol–water partition coefficient (Wildman–Crippen LogP) is 1.78. The van der Waals surface area contributed by atoms with E-state index >= 15 is 0 Å². The van der Waals surface area contributed by atoms with E-state index in [4.69, 9.17) is 18.9 Å². The minimum atomic E-state index is -0.702. The second-order valence-corrected chi connectivity index (χ2v) is 5.95. The van der Waals surface area contributed by atoms with Gasteiger partial charge in [0.2, 0.25) is 0 Å². The van der Waals surface area contributed by atoms with Crippen LogP contribution in [0.15, 0.2) is 18.2 Å². The maximum absolute atomic E-state index is 12.4. The lowest BCUT2D eigenvalue weighted by Crippen LogP contribution is -2.54. The van der Waals surface area contributed by atoms with E-state index in [2.05, 4.69) is 10.6 Å². The highest BCUT2D eigenvalue weighted by Crippen LogP contribution is 2.27. The molecular formula is C18H29ClN2O5. The van der Waals surface area contributed by atoms with E-state index in [9.17, 15) is 4.79 Å². The third kappa shape index (κ3) is 5.93. The molecule has 0 atom stereocenters. The van der Waals surface area contributed by atoms with Gasteiger partial charge in [-0.2, -0.15) is 0 Å². The van der Waals surface area contributed by atoms with E-state index in [0.717, 1.165) is 13.1 Å². The zero-order valence-corrected chi connectivity index (χ0v) is 16.4. The number of carbonyl (C=O) groups excluding carboxylic acids is 1. The molecule has 1 aromatic carbocycles. The number of amides is 1. The van der Waals surface area contributed by atoms with Crippen LogP contribution in [0.1, 0.15) is 19.3 Å². The van der Waals surface area contributed by atoms with Crippen molar-refractivity contribution in [2.45, 2.75) is 24.9 Å². The van der Waals surface area contributed by atoms with E-state index in [1.807, 2.05) is 0 Å². The highest BCUT2D eigenvalue weighted by Gasteiger charge is 2.39. The molecule has 1 saturated heterocycles. The Labute approximate surface area is 161 Å². The number of piperidine rings is 1. The minimum absolute atomic E-state index is 0. The quantitative estimate of drug-likeness (QED) is 0.628. The van der Waals surface area contributed by atoms with Crippen molar-refractivity contribution in [2.24, 2.45) is 0 Å². The molecule has 8 heteroatoms. The van der Waals surface area contributed by atoms with Gasteiger partial charge in [0.05, 0.1) is 20.8 Å². The molecule has 1 heterocycles. The van der Waals surface area contributed by atoms with Gasteiger partial charge in [0.1, 0.15) is 22.8 Å². The maximum atomic E-state index is 12.4. The van der Waals surface area contributed by atoms with Crippen LogP contribution in [0.25, 0.3) is 0 Å². The van der Waals surface area contributed by atoms with Gasteiger partial charge in [-0.15, -0.1) is 12.4 Å². The molecule has 0 spiro atoms. The molecule has 1 amide bonds. The Morgan fingerprint density at radius 3 is 2.19 bits per heavy atom. The van der Waals surface area contributed by atoms with Crippen molar-refractivity contribution in [3.8, 4) is 17.2 Å². The van der Waals surface area contributed by atoms with Crippen LogP contribution in [0.3, 0.4) is 0 Å². The Morgan fingerprint density at radius 1 is 1.08 bits per heavy atom. The van der Waals surface area contributed by atoms with E-state index in [1.165, 1.54) is 0 Å². The van der Waals surface area contributed by atoms with E-state index in [-0.39, 0.29) is 18.3 Å². The lowest BCUT2D eigenvalue weighted by atomic mass is 9.91. The van der Waals surface area contributed by atoms with Crippen molar-refractivity contribution in [1.29, 1.82) is 0 Å². The minimum Gasteiger partial charge on any atom is -0.496 e. The highest BCUT2D eigenvalue weighted by atomic mass is 35.5. The van der Waals surface area contributed by atoms with E-state index in [1.54, 1.807) is 39.5 Å². The zero-order chi connectivity index (χ0) is 18.1. The summed E-state index contributed by atoms with van der Waals surface area (Å²) in [6.45, 7) is 2.61. The smallest absolute Gasteiger partial charge is 0.252 e. The molecule has 2 N–H and O–H groups in total. The summed E-state index contributed by atoms with van der Waals surface area (Å²) in [5, 5.41) is 6.20. The van der Waals surface area contributed by atoms with Gasteiger partial charge in [-0.1, -0.05) is 0 Å². The zero-order valence-electron chi connectivity index (χ0n) is 15.6. The number of halogens is 1. The van der Waals surface area contributed by atoms with E-state index in [0.29, 0.717) is 49.7 Å². The summed E-state index contributed by atoms with van der Waals surface area (Å²) in [5.74, 6) is 1.99. The molecule has 1 fully saturated rings. The van der Waals surface area contributed by atoms with Crippen molar-refractivity contribution in [3.63, 3.8) is 0 Å². The van der Waals surface area contributed by atoms with Gasteiger partial charge in [0.15, 0.2) is 0 Å². The molecule has 2 rings (SSSR count). The molecule has 1 aromatic rings. The highest BCUT2D eigenvalue weighted by molar-refractivity contribution is 5.85. The summed E-state index contributed by atoms with van der Waals surface area (Å²) in [5.41, 5.74) is -0.702. The molecule has 0 radical (unpaired) electrons. The van der Waals surface area contributed by atoms with Gasteiger partial charge in [0, 0.05) is 31.9 Å². The summed E-state index contributed by atoms with van der Waals surface area (Å²) in [7, 11) is 4.80. The summed E-state index contributed by atoms with van der Waals surface area (Å²) in [6, 6.07) is 5.39. The monoisotopic (exact) mass is 388 g/mol. The van der Waals surface area contributed by atoms with Gasteiger partial charge in [-0.25, -0.2) is 0 Å². The SMILES string of the molecule is COc1cc(OC)cc(OCCCNC(=O)C2(OC)CCNCC2)c1.Cl. The molecule has 0 aromatic heterocycles. The van der Waals surface area contributed by atoms with Crippen molar-refractivity contribution in [1.82, 2.24) is 10.6 Å². The van der Waals surface area contributed by atoms with Crippen LogP contribution in [0.2, 0.25) is 0 Å². The Bertz CT molecular complexity index is 542. The third-order valence-corrected chi connectivity index (χ3v) is 4.42. The largest absolute Gasteiger partial charge is 0.496 e. The second kappa shape index (κ2) is 11.1. The molecule has 0 saturated carbocycles. The van der Waals surface area contributed by atoms with Crippen LogP contribution in [-0.4, -0.2) is 59.1 Å². The number of nitrogens with one attached hydrogen (secondary N) is 2. The molecule has 0 bridgehead atoms. The molecule has 1 aliphatic rings. The standard InChI is InChI=1S/C18H28N2O5.ClH/c1-22-14-11-15(23-2)13-16(12-14)25-10-4-7-20-17(21)18(24-3)5-8-19-9-6-18;/h11-13,19H,4-10H2,1-3H3,(H,20,21);1H. The van der Waals surface area contributed by atoms with Crippen LogP contribution in [-0.2, 0) is 9.53 Å². The summed E-state index contributed by atoms with van der Waals surface area (Å²) < 4.78 is 21.6. The normalized spacial score (nSPS) is 15.5. The van der Waals surface area contributed by atoms with Crippen LogP contribution >= 0.6 is 12.4 Å². The number of hydrogen-bond donors (Lipinski definition) is 2. The third-order valence-electron chi connectivity index (χ3n) is 4.42. The summed E-state index contributed by atoms with van der Waals surface area (Å²) >= 11 is 0. The summed E-state index contributed by atoms with van der Waals surface area (Å²) in [6.07, 6.45) is 2.08. The summed E-state index contributed by atoms with van der Waals surface area (Å²) in [4.78, 5) is 12.4. The molecule has 26 heavy (non-hydrogen) atoms. The Balaban J connectivity index is 0.00000338. The number of methoxy groups -OCH3 is 3. The Hall–Kier alpha value is -1.70. The molecular weight excluding hydrogens is 360 g/mol. The van der Waals surface area contributed by atoms with Gasteiger partial charge < -0.3 is 29.6 Å². The van der Waals surface area contributed by atoms with Crippen LogP contribution in [0.5, 0.6) is 17.2 Å². The number of rotatable bonds is 9. The maximum Gasteiger partial charge on any atom is 0.252 e. The lowest BCUT2D eigenvalue weighted by molar-refractivity contribution is -0.146. The van der Waals surface area contributed by atoms with Crippen LogP contribution in [0.4, 0.5) is 0 Å². The number of carbonyl (C=O) groups is 1. The number of hydrogen-bond acceptors (Lipinski definition) is 6. The fourth-order valence-corrected chi connectivity index (χ4v) is 2.84. The predicted molar refractivity (Wildman–Crippen MR) is 102 cm³/mol. The Kier molecular flexibility index (Phi) is 9.54. The van der Waals surface area contributed by atoms with E-state index < -0.39 is 5.60 Å². The first-order chi connectivity index (χ1) is 12.1. The number of benzene rings is 1. The van der Waals surface area contributed by atoms with Crippen molar-refractivity contribution >= 4 is 18.3 Å². The molecule has 0 aliphatic carbocycles.